The normalized spacial score (nSPS) is 11.1. The van der Waals surface area contributed by atoms with Crippen LogP contribution in [0.2, 0.25) is 5.02 Å². The molecule has 4 rings (SSSR count). The monoisotopic (exact) mass is 512 g/mol. The molecule has 186 valence electrons. The quantitative estimate of drug-likeness (QED) is 0.268. The van der Waals surface area contributed by atoms with Gasteiger partial charge in [0.25, 0.3) is 0 Å². The molecule has 0 aliphatic heterocycles. The molecule has 0 saturated heterocycles. The van der Waals surface area contributed by atoms with Crippen molar-refractivity contribution in [1.82, 2.24) is 4.98 Å². The van der Waals surface area contributed by atoms with Crippen LogP contribution in [0.15, 0.2) is 91.1 Å². The molecule has 7 heteroatoms. The van der Waals surface area contributed by atoms with E-state index < -0.39 is 17.2 Å². The van der Waals surface area contributed by atoms with E-state index >= 15 is 0 Å². The average Bonchev–Trinajstić information content (AvgIpc) is 2.92. The minimum absolute atomic E-state index is 0.0470. The molecule has 0 aliphatic carbocycles. The van der Waals surface area contributed by atoms with Crippen LogP contribution in [0, 0.1) is 0 Å². The molecule has 3 aromatic carbocycles. The molecule has 0 amide bonds. The minimum atomic E-state index is -1.28. The number of aromatic nitrogens is 1. The van der Waals surface area contributed by atoms with Gasteiger partial charge in [-0.25, -0.2) is 4.79 Å². The molecule has 0 unspecified atom stereocenters. The van der Waals surface area contributed by atoms with Crippen LogP contribution < -0.4 is 4.90 Å². The number of pyridine rings is 1. The standard InChI is InChI=1S/C30H25ClN2O4/c1-30(2,20-7-5-4-6-8-20)28(35)24-15-9-19(17-25(24)29(36)37)27(34)26-16-14-23(18-32-26)33(3)22-12-10-21(31)11-13-22/h4-18H,1-3H3,(H,36,37). The first-order valence-electron chi connectivity index (χ1n) is 11.6. The van der Waals surface area contributed by atoms with E-state index in [4.69, 9.17) is 11.6 Å². The Morgan fingerprint density at radius 1 is 0.838 bits per heavy atom. The first kappa shape index (κ1) is 25.8. The lowest BCUT2D eigenvalue weighted by Crippen LogP contribution is -2.30. The summed E-state index contributed by atoms with van der Waals surface area (Å²) in [5, 5.41) is 10.5. The van der Waals surface area contributed by atoms with Crippen LogP contribution in [0.3, 0.4) is 0 Å². The number of anilines is 2. The van der Waals surface area contributed by atoms with Gasteiger partial charge >= 0.3 is 5.97 Å². The van der Waals surface area contributed by atoms with E-state index in [0.29, 0.717) is 5.02 Å². The van der Waals surface area contributed by atoms with Crippen molar-refractivity contribution in [3.8, 4) is 0 Å². The van der Waals surface area contributed by atoms with Crippen LogP contribution in [0.5, 0.6) is 0 Å². The summed E-state index contributed by atoms with van der Waals surface area (Å²) >= 11 is 5.96. The van der Waals surface area contributed by atoms with Gasteiger partial charge in [-0.05, 0) is 67.9 Å². The van der Waals surface area contributed by atoms with Crippen LogP contribution in [-0.2, 0) is 5.41 Å². The molecule has 1 heterocycles. The highest BCUT2D eigenvalue weighted by molar-refractivity contribution is 6.30. The lowest BCUT2D eigenvalue weighted by Gasteiger charge is -2.24. The van der Waals surface area contributed by atoms with Gasteiger partial charge in [-0.15, -0.1) is 0 Å². The van der Waals surface area contributed by atoms with E-state index in [1.807, 2.05) is 54.4 Å². The maximum atomic E-state index is 13.4. The van der Waals surface area contributed by atoms with Gasteiger partial charge in [-0.1, -0.05) is 48.0 Å². The van der Waals surface area contributed by atoms with Crippen molar-refractivity contribution in [2.45, 2.75) is 19.3 Å². The Morgan fingerprint density at radius 3 is 2.08 bits per heavy atom. The largest absolute Gasteiger partial charge is 0.478 e. The number of halogens is 1. The van der Waals surface area contributed by atoms with E-state index in [-0.39, 0.29) is 28.2 Å². The highest BCUT2D eigenvalue weighted by Gasteiger charge is 2.33. The Labute approximate surface area is 220 Å². The first-order chi connectivity index (χ1) is 17.6. The van der Waals surface area contributed by atoms with Crippen molar-refractivity contribution < 1.29 is 19.5 Å². The Bertz CT molecular complexity index is 1460. The summed E-state index contributed by atoms with van der Waals surface area (Å²) in [6.45, 7) is 3.50. The van der Waals surface area contributed by atoms with Crippen LogP contribution >= 0.6 is 11.6 Å². The smallest absolute Gasteiger partial charge is 0.336 e. The Kier molecular flexibility index (Phi) is 7.23. The van der Waals surface area contributed by atoms with E-state index in [1.54, 1.807) is 44.3 Å². The van der Waals surface area contributed by atoms with Crippen LogP contribution in [0.4, 0.5) is 11.4 Å². The molecule has 0 atom stereocenters. The summed E-state index contributed by atoms with van der Waals surface area (Å²) in [6, 6.07) is 23.9. The SMILES string of the molecule is CN(c1ccc(Cl)cc1)c1ccc(C(=O)c2ccc(C(=O)C(C)(C)c3ccccc3)c(C(=O)O)c2)nc1. The number of carboxylic acid groups (broad SMARTS) is 1. The fourth-order valence-corrected chi connectivity index (χ4v) is 4.19. The van der Waals surface area contributed by atoms with E-state index in [9.17, 15) is 19.5 Å². The molecule has 1 aromatic heterocycles. The number of Topliss-reactive ketones (excluding diaryl/α,β-unsaturated/α-hetero) is 1. The summed E-state index contributed by atoms with van der Waals surface area (Å²) in [4.78, 5) is 44.8. The number of hydrogen-bond acceptors (Lipinski definition) is 5. The number of aromatic carboxylic acids is 1. The molecule has 0 spiro atoms. The van der Waals surface area contributed by atoms with Gasteiger partial charge in [0.05, 0.1) is 22.9 Å². The second-order valence-electron chi connectivity index (χ2n) is 9.15. The second kappa shape index (κ2) is 10.4. The van der Waals surface area contributed by atoms with Gasteiger partial charge in [-0.2, -0.15) is 0 Å². The first-order valence-corrected chi connectivity index (χ1v) is 11.9. The third-order valence-corrected chi connectivity index (χ3v) is 6.65. The zero-order valence-electron chi connectivity index (χ0n) is 20.6. The number of carboxylic acids is 1. The molecule has 1 N–H and O–H groups in total. The summed E-state index contributed by atoms with van der Waals surface area (Å²) in [5.41, 5.74) is 1.59. The minimum Gasteiger partial charge on any atom is -0.478 e. The number of nitrogens with zero attached hydrogens (tertiary/aromatic N) is 2. The van der Waals surface area contributed by atoms with Crippen molar-refractivity contribution in [1.29, 1.82) is 0 Å². The maximum Gasteiger partial charge on any atom is 0.336 e. The number of benzene rings is 3. The molecular weight excluding hydrogens is 488 g/mol. The van der Waals surface area contributed by atoms with Crippen molar-refractivity contribution >= 4 is 40.5 Å². The highest BCUT2D eigenvalue weighted by atomic mass is 35.5. The van der Waals surface area contributed by atoms with Gasteiger partial charge in [0.15, 0.2) is 5.78 Å². The fraction of sp³-hybridized carbons (Fsp3) is 0.133. The zero-order valence-corrected chi connectivity index (χ0v) is 21.4. The van der Waals surface area contributed by atoms with E-state index in [0.717, 1.165) is 16.9 Å². The van der Waals surface area contributed by atoms with Gasteiger partial charge < -0.3 is 10.0 Å². The van der Waals surface area contributed by atoms with Crippen molar-refractivity contribution in [2.24, 2.45) is 0 Å². The molecule has 4 aromatic rings. The van der Waals surface area contributed by atoms with Crippen LogP contribution in [0.25, 0.3) is 0 Å². The lowest BCUT2D eigenvalue weighted by molar-refractivity contribution is 0.0690. The van der Waals surface area contributed by atoms with Crippen molar-refractivity contribution in [3.63, 3.8) is 0 Å². The summed E-state index contributed by atoms with van der Waals surface area (Å²) in [5.74, 6) is -2.07. The predicted molar refractivity (Wildman–Crippen MR) is 144 cm³/mol. The molecule has 0 radical (unpaired) electrons. The van der Waals surface area contributed by atoms with Crippen LogP contribution in [0.1, 0.15) is 56.2 Å². The number of carbonyl (C=O) groups is 3. The molecule has 0 saturated carbocycles. The number of ketones is 2. The molecule has 0 bridgehead atoms. The van der Waals surface area contributed by atoms with Gasteiger partial charge in [0.2, 0.25) is 5.78 Å². The number of rotatable bonds is 8. The number of hydrogen-bond donors (Lipinski definition) is 1. The average molecular weight is 513 g/mol. The summed E-state index contributed by atoms with van der Waals surface area (Å²) in [6.07, 6.45) is 1.57. The summed E-state index contributed by atoms with van der Waals surface area (Å²) in [7, 11) is 1.87. The topological polar surface area (TPSA) is 87.6 Å². The van der Waals surface area contributed by atoms with Crippen molar-refractivity contribution in [3.05, 3.63) is 124 Å². The predicted octanol–water partition coefficient (Wildman–Crippen LogP) is 6.59. The molecule has 0 fully saturated rings. The number of carbonyl (C=O) groups excluding carboxylic acids is 2. The molecule has 37 heavy (non-hydrogen) atoms. The third kappa shape index (κ3) is 5.29. The van der Waals surface area contributed by atoms with Crippen molar-refractivity contribution in [2.75, 3.05) is 11.9 Å². The Morgan fingerprint density at radius 2 is 1.49 bits per heavy atom. The Balaban J connectivity index is 1.61. The zero-order chi connectivity index (χ0) is 26.7. The van der Waals surface area contributed by atoms with Gasteiger partial charge in [-0.3, -0.25) is 14.6 Å². The summed E-state index contributed by atoms with van der Waals surface area (Å²) < 4.78 is 0. The fourth-order valence-electron chi connectivity index (χ4n) is 4.06. The Hall–Kier alpha value is -4.29. The molecule has 6 nitrogen and oxygen atoms in total. The molecule has 0 aliphatic rings. The molecular formula is C30H25ClN2O4. The highest BCUT2D eigenvalue weighted by Crippen LogP contribution is 2.30. The van der Waals surface area contributed by atoms with Gasteiger partial charge in [0.1, 0.15) is 5.69 Å². The second-order valence-corrected chi connectivity index (χ2v) is 9.59. The van der Waals surface area contributed by atoms with E-state index in [2.05, 4.69) is 4.98 Å². The van der Waals surface area contributed by atoms with E-state index in [1.165, 1.54) is 18.2 Å². The lowest BCUT2D eigenvalue weighted by atomic mass is 9.77. The maximum absolute atomic E-state index is 13.4. The third-order valence-electron chi connectivity index (χ3n) is 6.40. The van der Waals surface area contributed by atoms with Crippen LogP contribution in [-0.4, -0.2) is 34.7 Å². The van der Waals surface area contributed by atoms with Gasteiger partial charge in [0, 0.05) is 28.9 Å².